The predicted octanol–water partition coefficient (Wildman–Crippen LogP) is 4.45. The molecule has 0 unspecified atom stereocenters. The molecule has 2 aromatic rings. The van der Waals surface area contributed by atoms with Crippen LogP contribution in [0.1, 0.15) is 32.1 Å². The summed E-state index contributed by atoms with van der Waals surface area (Å²) in [5.74, 6) is -0.0647. The van der Waals surface area contributed by atoms with Crippen molar-refractivity contribution in [3.8, 4) is 0 Å². The first kappa shape index (κ1) is 12.7. The molecule has 0 bridgehead atoms. The van der Waals surface area contributed by atoms with Crippen molar-refractivity contribution in [1.82, 2.24) is 0 Å². The van der Waals surface area contributed by atoms with E-state index in [1.165, 1.54) is 16.9 Å². The number of amides is 1. The number of anilines is 1. The maximum atomic E-state index is 12.2. The van der Waals surface area contributed by atoms with Crippen LogP contribution in [0, 0.1) is 6.92 Å². The zero-order valence-corrected chi connectivity index (χ0v) is 12.2. The first-order valence-electron chi connectivity index (χ1n) is 6.32. The van der Waals surface area contributed by atoms with Crippen molar-refractivity contribution < 1.29 is 4.79 Å². The summed E-state index contributed by atoms with van der Waals surface area (Å²) < 4.78 is 0. The van der Waals surface area contributed by atoms with Gasteiger partial charge in [-0.1, -0.05) is 17.7 Å². The van der Waals surface area contributed by atoms with Crippen molar-refractivity contribution in [2.24, 2.45) is 0 Å². The molecule has 0 fully saturated rings. The van der Waals surface area contributed by atoms with E-state index in [0.717, 1.165) is 23.3 Å². The quantitative estimate of drug-likeness (QED) is 0.870. The lowest BCUT2D eigenvalue weighted by Gasteiger charge is -2.06. The van der Waals surface area contributed by atoms with Crippen molar-refractivity contribution in [2.45, 2.75) is 26.2 Å². The molecule has 1 aliphatic carbocycles. The summed E-state index contributed by atoms with van der Waals surface area (Å²) >= 11 is 7.73. The third-order valence-electron chi connectivity index (χ3n) is 3.34. The van der Waals surface area contributed by atoms with E-state index in [-0.39, 0.29) is 5.91 Å². The Balaban J connectivity index is 1.80. The minimum atomic E-state index is -0.0647. The second-order valence-corrected chi connectivity index (χ2v) is 6.39. The van der Waals surface area contributed by atoms with Gasteiger partial charge in [0.15, 0.2) is 0 Å². The molecule has 1 aromatic heterocycles. The second kappa shape index (κ2) is 4.99. The minimum absolute atomic E-state index is 0.0647. The van der Waals surface area contributed by atoms with Crippen LogP contribution in [0.5, 0.6) is 0 Å². The van der Waals surface area contributed by atoms with Gasteiger partial charge in [0.2, 0.25) is 0 Å². The Hall–Kier alpha value is -1.32. The molecule has 0 atom stereocenters. The number of hydrogen-bond acceptors (Lipinski definition) is 2. The van der Waals surface area contributed by atoms with E-state index in [2.05, 4.69) is 5.32 Å². The van der Waals surface area contributed by atoms with Crippen molar-refractivity contribution in [3.05, 3.63) is 50.2 Å². The van der Waals surface area contributed by atoms with E-state index in [9.17, 15) is 4.79 Å². The highest BCUT2D eigenvalue weighted by Gasteiger charge is 2.18. The van der Waals surface area contributed by atoms with Gasteiger partial charge in [-0.25, -0.2) is 0 Å². The van der Waals surface area contributed by atoms with E-state index < -0.39 is 0 Å². The molecule has 1 amide bonds. The number of thiophene rings is 1. The average molecular weight is 292 g/mol. The Morgan fingerprint density at radius 2 is 2.16 bits per heavy atom. The molecule has 0 saturated heterocycles. The van der Waals surface area contributed by atoms with Crippen LogP contribution >= 0.6 is 22.9 Å². The number of hydrogen-bond donors (Lipinski definition) is 1. The standard InChI is InChI=1S/C15H14ClNOS/c1-9-5-6-12(11(16)7-9)17-15(18)14-8-10-3-2-4-13(10)19-14/h5-8H,2-4H2,1H3,(H,17,18). The zero-order chi connectivity index (χ0) is 13.4. The number of rotatable bonds is 2. The zero-order valence-electron chi connectivity index (χ0n) is 10.6. The molecule has 0 radical (unpaired) electrons. The monoisotopic (exact) mass is 291 g/mol. The summed E-state index contributed by atoms with van der Waals surface area (Å²) in [6, 6.07) is 7.66. The van der Waals surface area contributed by atoms with Crippen LogP contribution < -0.4 is 5.32 Å². The number of nitrogens with one attached hydrogen (secondary N) is 1. The summed E-state index contributed by atoms with van der Waals surface area (Å²) in [6.07, 6.45) is 3.43. The minimum Gasteiger partial charge on any atom is -0.320 e. The van der Waals surface area contributed by atoms with E-state index in [1.54, 1.807) is 11.3 Å². The lowest BCUT2D eigenvalue weighted by molar-refractivity contribution is 0.103. The molecule has 0 saturated carbocycles. The maximum absolute atomic E-state index is 12.2. The molecule has 0 aliphatic heterocycles. The van der Waals surface area contributed by atoms with Crippen molar-refractivity contribution in [1.29, 1.82) is 0 Å². The number of fused-ring (bicyclic) bond motifs is 1. The van der Waals surface area contributed by atoms with Crippen LogP contribution in [0.2, 0.25) is 5.02 Å². The van der Waals surface area contributed by atoms with Crippen LogP contribution in [0.25, 0.3) is 0 Å². The van der Waals surface area contributed by atoms with Crippen LogP contribution in [0.3, 0.4) is 0 Å². The molecule has 1 N–H and O–H groups in total. The molecule has 3 rings (SSSR count). The van der Waals surface area contributed by atoms with Gasteiger partial charge in [-0.3, -0.25) is 4.79 Å². The Kier molecular flexibility index (Phi) is 3.33. The highest BCUT2D eigenvalue weighted by Crippen LogP contribution is 2.31. The summed E-state index contributed by atoms with van der Waals surface area (Å²) in [5, 5.41) is 3.46. The number of carbonyl (C=O) groups is 1. The number of aryl methyl sites for hydroxylation is 3. The largest absolute Gasteiger partial charge is 0.320 e. The van der Waals surface area contributed by atoms with Gasteiger partial charge in [-0.15, -0.1) is 11.3 Å². The molecule has 19 heavy (non-hydrogen) atoms. The average Bonchev–Trinajstić information content (AvgIpc) is 2.93. The molecule has 0 spiro atoms. The fourth-order valence-electron chi connectivity index (χ4n) is 2.35. The maximum Gasteiger partial charge on any atom is 0.265 e. The van der Waals surface area contributed by atoms with Gasteiger partial charge in [0.1, 0.15) is 0 Å². The Morgan fingerprint density at radius 3 is 2.89 bits per heavy atom. The van der Waals surface area contributed by atoms with Gasteiger partial charge in [0.05, 0.1) is 15.6 Å². The van der Waals surface area contributed by atoms with Crippen LogP contribution in [-0.2, 0) is 12.8 Å². The number of benzene rings is 1. The van der Waals surface area contributed by atoms with Gasteiger partial charge in [0, 0.05) is 4.88 Å². The van der Waals surface area contributed by atoms with Gasteiger partial charge in [0.25, 0.3) is 5.91 Å². The topological polar surface area (TPSA) is 29.1 Å². The third-order valence-corrected chi connectivity index (χ3v) is 4.89. The SMILES string of the molecule is Cc1ccc(NC(=O)c2cc3c(s2)CCC3)c(Cl)c1. The van der Waals surface area contributed by atoms with Gasteiger partial charge >= 0.3 is 0 Å². The molecular formula is C15H14ClNOS. The molecule has 1 aliphatic rings. The van der Waals surface area contributed by atoms with Crippen LogP contribution in [0.15, 0.2) is 24.3 Å². The highest BCUT2D eigenvalue weighted by molar-refractivity contribution is 7.14. The summed E-state index contributed by atoms with van der Waals surface area (Å²) in [6.45, 7) is 1.97. The number of halogens is 1. The summed E-state index contributed by atoms with van der Waals surface area (Å²) in [4.78, 5) is 14.3. The van der Waals surface area contributed by atoms with Gasteiger partial charge < -0.3 is 5.32 Å². The first-order valence-corrected chi connectivity index (χ1v) is 7.52. The Morgan fingerprint density at radius 1 is 1.32 bits per heavy atom. The van der Waals surface area contributed by atoms with Gasteiger partial charge in [-0.2, -0.15) is 0 Å². The second-order valence-electron chi connectivity index (χ2n) is 4.85. The first-order chi connectivity index (χ1) is 9.13. The Bertz CT molecular complexity index is 626. The van der Waals surface area contributed by atoms with Crippen molar-refractivity contribution in [2.75, 3.05) is 5.32 Å². The smallest absolute Gasteiger partial charge is 0.265 e. The Labute approximate surface area is 121 Å². The summed E-state index contributed by atoms with van der Waals surface area (Å²) in [7, 11) is 0. The molecule has 1 aromatic carbocycles. The molecule has 1 heterocycles. The molecule has 98 valence electrons. The fourth-order valence-corrected chi connectivity index (χ4v) is 3.78. The van der Waals surface area contributed by atoms with Crippen LogP contribution in [-0.4, -0.2) is 5.91 Å². The molecule has 2 nitrogen and oxygen atoms in total. The lowest BCUT2D eigenvalue weighted by Crippen LogP contribution is -2.10. The van der Waals surface area contributed by atoms with E-state index in [4.69, 9.17) is 11.6 Å². The lowest BCUT2D eigenvalue weighted by atomic mass is 10.2. The summed E-state index contributed by atoms with van der Waals surface area (Å²) in [5.41, 5.74) is 3.09. The molecule has 4 heteroatoms. The molecular weight excluding hydrogens is 278 g/mol. The van der Waals surface area contributed by atoms with Gasteiger partial charge in [-0.05, 0) is 55.5 Å². The highest BCUT2D eigenvalue weighted by atomic mass is 35.5. The fraction of sp³-hybridized carbons (Fsp3) is 0.267. The van der Waals surface area contributed by atoms with E-state index >= 15 is 0 Å². The number of carbonyl (C=O) groups excluding carboxylic acids is 1. The van der Waals surface area contributed by atoms with Crippen molar-refractivity contribution >= 4 is 34.5 Å². The normalized spacial score (nSPS) is 13.4. The van der Waals surface area contributed by atoms with E-state index in [0.29, 0.717) is 10.7 Å². The predicted molar refractivity (Wildman–Crippen MR) is 80.5 cm³/mol. The van der Waals surface area contributed by atoms with E-state index in [1.807, 2.05) is 31.2 Å². The third kappa shape index (κ3) is 2.53. The van der Waals surface area contributed by atoms with Crippen LogP contribution in [0.4, 0.5) is 5.69 Å². The van der Waals surface area contributed by atoms with Crippen molar-refractivity contribution in [3.63, 3.8) is 0 Å².